The largest absolute Gasteiger partial charge is 0.481 e. The molecule has 0 aliphatic rings. The molecule has 0 bridgehead atoms. The fourth-order valence-electron chi connectivity index (χ4n) is 8.48. The molecule has 0 heterocycles. The van der Waals surface area contributed by atoms with Crippen LogP contribution in [-0.2, 0) is 28.6 Å². The minimum Gasteiger partial charge on any atom is -0.481 e. The molecule has 0 saturated carbocycles. The second-order valence-electron chi connectivity index (χ2n) is 19.7. The molecule has 0 aliphatic carbocycles. The van der Waals surface area contributed by atoms with Gasteiger partial charge in [-0.15, -0.1) is 0 Å². The first-order valence-electron chi connectivity index (χ1n) is 29.5. The molecule has 2 N–H and O–H groups in total. The highest BCUT2D eigenvalue weighted by molar-refractivity contribution is 5.70. The molecule has 67 heavy (non-hydrogen) atoms. The van der Waals surface area contributed by atoms with Crippen molar-refractivity contribution in [2.75, 3.05) is 33.5 Å². The lowest BCUT2D eigenvalue weighted by Gasteiger charge is -2.07. The summed E-state index contributed by atoms with van der Waals surface area (Å²) in [5.41, 5.74) is 0. The highest BCUT2D eigenvalue weighted by atomic mass is 16.6. The van der Waals surface area contributed by atoms with Crippen LogP contribution in [0, 0.1) is 0 Å². The Labute approximate surface area is 417 Å². The van der Waals surface area contributed by atoms with Crippen LogP contribution in [0.25, 0.3) is 0 Å². The number of carboxylic acids is 1. The van der Waals surface area contributed by atoms with Gasteiger partial charge in [0.1, 0.15) is 13.2 Å². The topological polar surface area (TPSA) is 119 Å². The van der Waals surface area contributed by atoms with Crippen molar-refractivity contribution in [1.29, 1.82) is 0 Å². The lowest BCUT2D eigenvalue weighted by molar-refractivity contribution is -0.152. The van der Waals surface area contributed by atoms with Crippen LogP contribution in [-0.4, -0.2) is 61.7 Å². The summed E-state index contributed by atoms with van der Waals surface area (Å²) in [6.45, 7) is 7.75. The van der Waals surface area contributed by atoms with E-state index in [-0.39, 0.29) is 31.8 Å². The summed E-state index contributed by atoms with van der Waals surface area (Å²) in [5, 5.41) is 16.5. The Hall–Kier alpha value is -1.67. The molecule has 0 rings (SSSR count). The van der Waals surface area contributed by atoms with Crippen molar-refractivity contribution in [2.24, 2.45) is 0 Å². The molecule has 0 spiro atoms. The van der Waals surface area contributed by atoms with E-state index in [0.29, 0.717) is 25.9 Å². The lowest BCUT2D eigenvalue weighted by Crippen LogP contribution is -2.13. The first kappa shape index (κ1) is 69.6. The fraction of sp³-hybridized carbons (Fsp3) is 0.949. The Morgan fingerprint density at radius 1 is 0.299 bits per heavy atom. The average Bonchev–Trinajstić information content (AvgIpc) is 3.32. The number of hydrogen-bond donors (Lipinski definition) is 2. The van der Waals surface area contributed by atoms with Crippen molar-refractivity contribution in [3.63, 3.8) is 0 Å². The molecule has 0 aromatic rings. The third-order valence-corrected chi connectivity index (χ3v) is 12.9. The van der Waals surface area contributed by atoms with Gasteiger partial charge in [0, 0.05) is 26.4 Å². The molecule has 0 aliphatic heterocycles. The maximum atomic E-state index is 11.9. The predicted octanol–water partition coefficient (Wildman–Crippen LogP) is 18.6. The molecule has 0 saturated heterocycles. The molecular weight excluding hydrogens is 837 g/mol. The molecule has 0 unspecified atom stereocenters. The van der Waals surface area contributed by atoms with E-state index in [0.717, 1.165) is 38.5 Å². The van der Waals surface area contributed by atoms with E-state index < -0.39 is 5.97 Å². The van der Waals surface area contributed by atoms with Gasteiger partial charge in [-0.3, -0.25) is 14.4 Å². The first-order valence-corrected chi connectivity index (χ1v) is 29.5. The second-order valence-corrected chi connectivity index (χ2v) is 19.7. The third kappa shape index (κ3) is 73.5. The number of carboxylic acid groups (broad SMARTS) is 1. The number of aliphatic hydroxyl groups excluding tert-OH is 1. The predicted molar refractivity (Wildman–Crippen MR) is 287 cm³/mol. The van der Waals surface area contributed by atoms with E-state index in [2.05, 4.69) is 25.5 Å². The summed E-state index contributed by atoms with van der Waals surface area (Å²) in [6, 6.07) is 0. The molecule has 8 nitrogen and oxygen atoms in total. The van der Waals surface area contributed by atoms with Gasteiger partial charge in [-0.05, 0) is 19.3 Å². The summed E-state index contributed by atoms with van der Waals surface area (Å²) in [7, 11) is 1.55. The van der Waals surface area contributed by atoms with Gasteiger partial charge in [-0.1, -0.05) is 290 Å². The summed E-state index contributed by atoms with van der Waals surface area (Å²) in [4.78, 5) is 34.1. The normalized spacial score (nSPS) is 10.9. The van der Waals surface area contributed by atoms with Gasteiger partial charge < -0.3 is 24.4 Å². The molecule has 0 aromatic heterocycles. The maximum absolute atomic E-state index is 11.9. The van der Waals surface area contributed by atoms with Crippen molar-refractivity contribution >= 4 is 17.9 Å². The zero-order valence-corrected chi connectivity index (χ0v) is 45.6. The molecule has 0 atom stereocenters. The number of hydrogen-bond acceptors (Lipinski definition) is 7. The van der Waals surface area contributed by atoms with Crippen LogP contribution in [0.3, 0.4) is 0 Å². The Kier molecular flexibility index (Phi) is 69.0. The Balaban J connectivity index is -0.00000135. The number of carbonyl (C=O) groups is 3. The summed E-state index contributed by atoms with van der Waals surface area (Å²) in [5.74, 6) is -0.981. The number of methoxy groups -OCH3 is 1. The van der Waals surface area contributed by atoms with Crippen LogP contribution in [0.4, 0.5) is 0 Å². The monoisotopic (exact) mass is 955 g/mol. The standard InChI is InChI=1S/C38H74O4.C18H36O2.C3H8O2/c1-3-5-7-9-11-13-15-17-19-21-23-25-27-29-31-33-37(39)41-35-36-42-38(40)34-32-30-28-26-24-22-20-18-16-14-12-10-8-6-4-2;1-2-3-4-5-6-7-8-9-10-11-12-13-14-15-16-17-18(19)20;1-5-3-2-4/h3-36H2,1-2H3;2-17H2,1H3,(H,19,20);4H,2-3H2,1H3. The Morgan fingerprint density at radius 3 is 0.657 bits per heavy atom. The zero-order chi connectivity index (χ0) is 49.6. The summed E-state index contributed by atoms with van der Waals surface area (Å²) >= 11 is 0. The highest BCUT2D eigenvalue weighted by Gasteiger charge is 2.06. The van der Waals surface area contributed by atoms with Crippen LogP contribution < -0.4 is 0 Å². The van der Waals surface area contributed by atoms with Crippen LogP contribution in [0.1, 0.15) is 329 Å². The molecule has 0 fully saturated rings. The number of rotatable bonds is 53. The van der Waals surface area contributed by atoms with Gasteiger partial charge in [-0.25, -0.2) is 0 Å². The van der Waals surface area contributed by atoms with E-state index >= 15 is 0 Å². The van der Waals surface area contributed by atoms with Crippen molar-refractivity contribution in [3.8, 4) is 0 Å². The van der Waals surface area contributed by atoms with Gasteiger partial charge in [0.15, 0.2) is 0 Å². The van der Waals surface area contributed by atoms with Crippen molar-refractivity contribution in [3.05, 3.63) is 0 Å². The second kappa shape index (κ2) is 66.4. The van der Waals surface area contributed by atoms with E-state index in [1.165, 1.54) is 250 Å². The Bertz CT molecular complexity index is 877. The van der Waals surface area contributed by atoms with Crippen molar-refractivity contribution in [2.45, 2.75) is 329 Å². The zero-order valence-electron chi connectivity index (χ0n) is 45.6. The minimum atomic E-state index is -0.653. The van der Waals surface area contributed by atoms with E-state index in [4.69, 9.17) is 19.7 Å². The van der Waals surface area contributed by atoms with E-state index in [1.54, 1.807) is 7.11 Å². The number of carbonyl (C=O) groups excluding carboxylic acids is 2. The van der Waals surface area contributed by atoms with E-state index in [9.17, 15) is 14.4 Å². The number of esters is 2. The van der Waals surface area contributed by atoms with Crippen molar-refractivity contribution in [1.82, 2.24) is 0 Å². The quantitative estimate of drug-likeness (QED) is 0.0457. The Morgan fingerprint density at radius 2 is 0.493 bits per heavy atom. The average molecular weight is 956 g/mol. The number of unbranched alkanes of at least 4 members (excludes halogenated alkanes) is 42. The fourth-order valence-corrected chi connectivity index (χ4v) is 8.48. The van der Waals surface area contributed by atoms with Crippen LogP contribution >= 0.6 is 0 Å². The molecular formula is C59H118O8. The smallest absolute Gasteiger partial charge is 0.305 e. The number of aliphatic hydroxyl groups is 1. The minimum absolute atomic E-state index is 0.122. The van der Waals surface area contributed by atoms with E-state index in [1.807, 2.05) is 0 Å². The van der Waals surface area contributed by atoms with Gasteiger partial charge in [-0.2, -0.15) is 0 Å². The lowest BCUT2D eigenvalue weighted by atomic mass is 10.0. The maximum Gasteiger partial charge on any atom is 0.305 e. The molecule has 8 heteroatoms. The van der Waals surface area contributed by atoms with Gasteiger partial charge in [0.25, 0.3) is 0 Å². The third-order valence-electron chi connectivity index (χ3n) is 12.9. The SMILES string of the molecule is CCCCCCCCCCCCCCCCCC(=O)O.CCCCCCCCCCCCCCCCCC(=O)OCCOC(=O)CCCCCCCCCCCCCCCCC.COCCO. The molecule has 0 aromatic carbocycles. The molecule has 402 valence electrons. The van der Waals surface area contributed by atoms with Crippen molar-refractivity contribution < 1.29 is 38.8 Å². The number of ether oxygens (including phenoxy) is 3. The van der Waals surface area contributed by atoms with Crippen LogP contribution in [0.5, 0.6) is 0 Å². The summed E-state index contributed by atoms with van der Waals surface area (Å²) in [6.07, 6.45) is 60.7. The number of aliphatic carboxylic acids is 1. The van der Waals surface area contributed by atoms with Crippen LogP contribution in [0.2, 0.25) is 0 Å². The molecule has 0 amide bonds. The van der Waals surface area contributed by atoms with Gasteiger partial charge in [0.05, 0.1) is 13.2 Å². The first-order chi connectivity index (χ1) is 32.9. The van der Waals surface area contributed by atoms with Gasteiger partial charge in [0.2, 0.25) is 0 Å². The highest BCUT2D eigenvalue weighted by Crippen LogP contribution is 2.17. The summed E-state index contributed by atoms with van der Waals surface area (Å²) < 4.78 is 14.9. The molecule has 0 radical (unpaired) electrons. The van der Waals surface area contributed by atoms with Gasteiger partial charge >= 0.3 is 17.9 Å². The van der Waals surface area contributed by atoms with Crippen LogP contribution in [0.15, 0.2) is 0 Å².